The first-order chi connectivity index (χ1) is 7.70. The highest BCUT2D eigenvalue weighted by atomic mass is 79.9. The lowest BCUT2D eigenvalue weighted by Crippen LogP contribution is -2.23. The van der Waals surface area contributed by atoms with Crippen molar-refractivity contribution >= 4 is 43.4 Å². The number of rotatable bonds is 3. The highest BCUT2D eigenvalue weighted by molar-refractivity contribution is 9.11. The lowest BCUT2D eigenvalue weighted by atomic mass is 9.87. The van der Waals surface area contributed by atoms with Crippen LogP contribution in [0.5, 0.6) is 0 Å². The normalized spacial score (nSPS) is 11.4. The lowest BCUT2D eigenvalue weighted by molar-refractivity contribution is -0.125. The third kappa shape index (κ3) is 4.36. The number of Topliss-reactive ketones (excluding diaryl/α,β-unsaturated/α-hetero) is 2. The summed E-state index contributed by atoms with van der Waals surface area (Å²) >= 11 is 6.64. The Morgan fingerprint density at radius 3 is 1.94 bits per heavy atom. The molecular weight excluding hydrogens is 348 g/mol. The summed E-state index contributed by atoms with van der Waals surface area (Å²) < 4.78 is 1.64. The van der Waals surface area contributed by atoms with Crippen LogP contribution in [0.1, 0.15) is 37.6 Å². The van der Waals surface area contributed by atoms with E-state index in [4.69, 9.17) is 0 Å². The van der Waals surface area contributed by atoms with Gasteiger partial charge in [0.1, 0.15) is 5.78 Å². The number of hydrogen-bond donors (Lipinski definition) is 0. The zero-order valence-electron chi connectivity index (χ0n) is 10.0. The molecule has 0 fully saturated rings. The average molecular weight is 362 g/mol. The topological polar surface area (TPSA) is 34.1 Å². The SMILES string of the molecule is CC(C)(C)C(=O)CC(=O)c1cc(Br)cc(Br)c1. The zero-order chi connectivity index (χ0) is 13.2. The first-order valence-corrected chi connectivity index (χ1v) is 6.81. The van der Waals surface area contributed by atoms with Crippen LogP contribution in [0.15, 0.2) is 27.1 Å². The summed E-state index contributed by atoms with van der Waals surface area (Å²) in [4.78, 5) is 23.7. The minimum Gasteiger partial charge on any atom is -0.299 e. The van der Waals surface area contributed by atoms with E-state index in [9.17, 15) is 9.59 Å². The molecule has 2 nitrogen and oxygen atoms in total. The molecule has 1 aromatic carbocycles. The van der Waals surface area contributed by atoms with Crippen LogP contribution in [0.2, 0.25) is 0 Å². The molecular formula is C13H14Br2O2. The molecule has 0 atom stereocenters. The molecule has 0 heterocycles. The van der Waals surface area contributed by atoms with E-state index in [0.29, 0.717) is 5.56 Å². The largest absolute Gasteiger partial charge is 0.299 e. The molecule has 0 saturated carbocycles. The van der Waals surface area contributed by atoms with Crippen LogP contribution in [-0.2, 0) is 4.79 Å². The summed E-state index contributed by atoms with van der Waals surface area (Å²) in [6, 6.07) is 5.30. The van der Waals surface area contributed by atoms with Gasteiger partial charge in [0, 0.05) is 19.9 Å². The Balaban J connectivity index is 2.87. The zero-order valence-corrected chi connectivity index (χ0v) is 13.2. The van der Waals surface area contributed by atoms with Crippen LogP contribution in [0, 0.1) is 5.41 Å². The second-order valence-electron chi connectivity index (χ2n) is 4.93. The fraction of sp³-hybridized carbons (Fsp3) is 0.385. The Hall–Kier alpha value is -0.480. The van der Waals surface area contributed by atoms with Gasteiger partial charge in [-0.25, -0.2) is 0 Å². The Morgan fingerprint density at radius 2 is 1.53 bits per heavy atom. The van der Waals surface area contributed by atoms with Gasteiger partial charge in [0.25, 0.3) is 0 Å². The number of benzene rings is 1. The van der Waals surface area contributed by atoms with Crippen molar-refractivity contribution in [3.8, 4) is 0 Å². The molecule has 0 aliphatic carbocycles. The van der Waals surface area contributed by atoms with Crippen LogP contribution in [-0.4, -0.2) is 11.6 Å². The summed E-state index contributed by atoms with van der Waals surface area (Å²) in [6.07, 6.45) is -0.0492. The van der Waals surface area contributed by atoms with Crippen LogP contribution >= 0.6 is 31.9 Å². The van der Waals surface area contributed by atoms with Crippen molar-refractivity contribution in [1.82, 2.24) is 0 Å². The van der Waals surface area contributed by atoms with Crippen molar-refractivity contribution in [2.24, 2.45) is 5.41 Å². The van der Waals surface area contributed by atoms with Gasteiger partial charge in [-0.3, -0.25) is 9.59 Å². The van der Waals surface area contributed by atoms with Gasteiger partial charge < -0.3 is 0 Å². The molecule has 0 saturated heterocycles. The van der Waals surface area contributed by atoms with E-state index in [1.54, 1.807) is 12.1 Å². The molecule has 92 valence electrons. The van der Waals surface area contributed by atoms with Gasteiger partial charge in [0.2, 0.25) is 0 Å². The Labute approximate surface area is 118 Å². The number of carbonyl (C=O) groups excluding carboxylic acids is 2. The van der Waals surface area contributed by atoms with Gasteiger partial charge in [-0.1, -0.05) is 52.6 Å². The molecule has 17 heavy (non-hydrogen) atoms. The first kappa shape index (κ1) is 14.6. The summed E-state index contributed by atoms with van der Waals surface area (Å²) in [7, 11) is 0. The fourth-order valence-corrected chi connectivity index (χ4v) is 2.52. The van der Waals surface area contributed by atoms with E-state index in [2.05, 4.69) is 31.9 Å². The highest BCUT2D eigenvalue weighted by Gasteiger charge is 2.24. The maximum absolute atomic E-state index is 11.9. The van der Waals surface area contributed by atoms with Gasteiger partial charge in [-0.05, 0) is 18.2 Å². The minimum absolute atomic E-state index is 0.0430. The Bertz CT molecular complexity index is 439. The molecule has 0 aliphatic heterocycles. The second kappa shape index (κ2) is 5.44. The first-order valence-electron chi connectivity index (χ1n) is 5.23. The Morgan fingerprint density at radius 1 is 1.06 bits per heavy atom. The van der Waals surface area contributed by atoms with Gasteiger partial charge >= 0.3 is 0 Å². The molecule has 0 unspecified atom stereocenters. The molecule has 0 N–H and O–H groups in total. The molecule has 0 aromatic heterocycles. The quantitative estimate of drug-likeness (QED) is 0.590. The van der Waals surface area contributed by atoms with Crippen molar-refractivity contribution < 1.29 is 9.59 Å². The molecule has 4 heteroatoms. The monoisotopic (exact) mass is 360 g/mol. The summed E-state index contributed by atoms with van der Waals surface area (Å²) in [5, 5.41) is 0. The van der Waals surface area contributed by atoms with Crippen molar-refractivity contribution in [2.75, 3.05) is 0 Å². The van der Waals surface area contributed by atoms with Crippen LogP contribution in [0.4, 0.5) is 0 Å². The smallest absolute Gasteiger partial charge is 0.170 e. The lowest BCUT2D eigenvalue weighted by Gasteiger charge is -2.15. The molecule has 0 bridgehead atoms. The van der Waals surface area contributed by atoms with Crippen molar-refractivity contribution in [1.29, 1.82) is 0 Å². The Kier molecular flexibility index (Phi) is 4.67. The molecule has 0 radical (unpaired) electrons. The van der Waals surface area contributed by atoms with Crippen LogP contribution < -0.4 is 0 Å². The fourth-order valence-electron chi connectivity index (χ4n) is 1.23. The van der Waals surface area contributed by atoms with Crippen LogP contribution in [0.3, 0.4) is 0 Å². The highest BCUT2D eigenvalue weighted by Crippen LogP contribution is 2.23. The maximum Gasteiger partial charge on any atom is 0.170 e. The predicted molar refractivity (Wildman–Crippen MR) is 75.3 cm³/mol. The number of halogens is 2. The minimum atomic E-state index is -0.473. The van der Waals surface area contributed by atoms with E-state index >= 15 is 0 Å². The summed E-state index contributed by atoms with van der Waals surface area (Å²) in [5.41, 5.74) is 0.0719. The second-order valence-corrected chi connectivity index (χ2v) is 6.76. The molecule has 0 spiro atoms. The van der Waals surface area contributed by atoms with Gasteiger partial charge in [-0.15, -0.1) is 0 Å². The maximum atomic E-state index is 11.9. The van der Waals surface area contributed by atoms with E-state index in [1.807, 2.05) is 26.8 Å². The predicted octanol–water partition coefficient (Wildman–Crippen LogP) is 4.40. The van der Waals surface area contributed by atoms with E-state index in [1.165, 1.54) is 0 Å². The van der Waals surface area contributed by atoms with E-state index < -0.39 is 5.41 Å². The summed E-state index contributed by atoms with van der Waals surface area (Å²) in [6.45, 7) is 5.46. The van der Waals surface area contributed by atoms with Crippen molar-refractivity contribution in [2.45, 2.75) is 27.2 Å². The molecule has 0 amide bonds. The number of hydrogen-bond acceptors (Lipinski definition) is 2. The molecule has 0 aliphatic rings. The number of carbonyl (C=O) groups is 2. The summed E-state index contributed by atoms with van der Waals surface area (Å²) in [5.74, 6) is -0.189. The molecule has 1 rings (SSSR count). The average Bonchev–Trinajstić information content (AvgIpc) is 2.14. The van der Waals surface area contributed by atoms with E-state index in [0.717, 1.165) is 8.95 Å². The third-order valence-electron chi connectivity index (χ3n) is 2.34. The third-order valence-corrected chi connectivity index (χ3v) is 3.26. The van der Waals surface area contributed by atoms with Gasteiger partial charge in [0.05, 0.1) is 6.42 Å². The van der Waals surface area contributed by atoms with Crippen molar-refractivity contribution in [3.63, 3.8) is 0 Å². The van der Waals surface area contributed by atoms with Gasteiger partial charge in [0.15, 0.2) is 5.78 Å². The van der Waals surface area contributed by atoms with Crippen molar-refractivity contribution in [3.05, 3.63) is 32.7 Å². The number of ketones is 2. The van der Waals surface area contributed by atoms with Crippen LogP contribution in [0.25, 0.3) is 0 Å². The molecule has 1 aromatic rings. The van der Waals surface area contributed by atoms with E-state index in [-0.39, 0.29) is 18.0 Å². The van der Waals surface area contributed by atoms with Gasteiger partial charge in [-0.2, -0.15) is 0 Å². The standard InChI is InChI=1S/C13H14Br2O2/c1-13(2,3)12(17)7-11(16)8-4-9(14)6-10(15)5-8/h4-6H,7H2,1-3H3.